The van der Waals surface area contributed by atoms with Gasteiger partial charge in [-0.1, -0.05) is 0 Å². The molecule has 0 atom stereocenters. The molecule has 5 nitrogen and oxygen atoms in total. The van der Waals surface area contributed by atoms with Crippen molar-refractivity contribution in [1.82, 2.24) is 0 Å². The van der Waals surface area contributed by atoms with E-state index >= 15 is 0 Å². The molecule has 0 bridgehead atoms. The summed E-state index contributed by atoms with van der Waals surface area (Å²) in [5, 5.41) is 17.8. The van der Waals surface area contributed by atoms with Crippen LogP contribution < -0.4 is 10.6 Å². The number of nitrogens with zero attached hydrogens (tertiary/aromatic N) is 1. The number of rotatable bonds is 5. The van der Waals surface area contributed by atoms with Crippen molar-refractivity contribution in [3.8, 4) is 0 Å². The van der Waals surface area contributed by atoms with Gasteiger partial charge in [0.15, 0.2) is 0 Å². The standard InChI is InChI=1S/C11H16N2O3/c1-13(5-2-6-14)10-4-3-8(12)7-9(10)11(15)16/h3-4,7,14H,2,5-6,12H2,1H3,(H,15,16). The zero-order valence-electron chi connectivity index (χ0n) is 9.18. The van der Waals surface area contributed by atoms with Gasteiger partial charge in [0, 0.05) is 25.9 Å². The monoisotopic (exact) mass is 224 g/mol. The zero-order chi connectivity index (χ0) is 12.1. The molecule has 0 saturated carbocycles. The van der Waals surface area contributed by atoms with E-state index in [1.54, 1.807) is 24.1 Å². The number of carboxylic acid groups (broad SMARTS) is 1. The average Bonchev–Trinajstić information content (AvgIpc) is 2.25. The lowest BCUT2D eigenvalue weighted by molar-refractivity contribution is 0.0697. The first-order chi connectivity index (χ1) is 7.56. The molecule has 0 spiro atoms. The van der Waals surface area contributed by atoms with Gasteiger partial charge in [-0.05, 0) is 24.6 Å². The Morgan fingerprint density at radius 3 is 2.75 bits per heavy atom. The van der Waals surface area contributed by atoms with Crippen LogP contribution in [0.25, 0.3) is 0 Å². The predicted octanol–water partition coefficient (Wildman–Crippen LogP) is 0.786. The van der Waals surface area contributed by atoms with Gasteiger partial charge in [-0.25, -0.2) is 4.79 Å². The molecule has 0 radical (unpaired) electrons. The summed E-state index contributed by atoms with van der Waals surface area (Å²) in [6.45, 7) is 0.683. The first-order valence-electron chi connectivity index (χ1n) is 5.01. The highest BCUT2D eigenvalue weighted by atomic mass is 16.4. The fourth-order valence-corrected chi connectivity index (χ4v) is 1.49. The van der Waals surface area contributed by atoms with Gasteiger partial charge in [0.1, 0.15) is 0 Å². The Labute approximate surface area is 94.1 Å². The van der Waals surface area contributed by atoms with E-state index in [9.17, 15) is 4.79 Å². The minimum atomic E-state index is -1.00. The van der Waals surface area contributed by atoms with Crippen LogP contribution in [0, 0.1) is 0 Å². The highest BCUT2D eigenvalue weighted by Gasteiger charge is 2.13. The van der Waals surface area contributed by atoms with Crippen molar-refractivity contribution >= 4 is 17.3 Å². The fourth-order valence-electron chi connectivity index (χ4n) is 1.49. The molecule has 0 fully saturated rings. The van der Waals surface area contributed by atoms with Gasteiger partial charge in [-0.2, -0.15) is 0 Å². The van der Waals surface area contributed by atoms with Gasteiger partial charge >= 0.3 is 5.97 Å². The number of carboxylic acids is 1. The second-order valence-electron chi connectivity index (χ2n) is 3.58. The average molecular weight is 224 g/mol. The maximum absolute atomic E-state index is 11.0. The number of aliphatic hydroxyl groups is 1. The van der Waals surface area contributed by atoms with Crippen molar-refractivity contribution in [2.45, 2.75) is 6.42 Å². The first kappa shape index (κ1) is 12.3. The number of nitrogens with two attached hydrogens (primary N) is 1. The van der Waals surface area contributed by atoms with Crippen LogP contribution >= 0.6 is 0 Å². The Morgan fingerprint density at radius 1 is 1.50 bits per heavy atom. The van der Waals surface area contributed by atoms with Crippen molar-refractivity contribution in [3.63, 3.8) is 0 Å². The van der Waals surface area contributed by atoms with Gasteiger partial charge in [-0.15, -0.1) is 0 Å². The minimum absolute atomic E-state index is 0.0850. The molecule has 0 saturated heterocycles. The van der Waals surface area contributed by atoms with Gasteiger partial charge in [-0.3, -0.25) is 0 Å². The summed E-state index contributed by atoms with van der Waals surface area (Å²) >= 11 is 0. The Morgan fingerprint density at radius 2 is 2.19 bits per heavy atom. The lowest BCUT2D eigenvalue weighted by atomic mass is 10.1. The molecule has 0 amide bonds. The maximum atomic E-state index is 11.0. The van der Waals surface area contributed by atoms with E-state index in [2.05, 4.69) is 0 Å². The van der Waals surface area contributed by atoms with Gasteiger partial charge < -0.3 is 20.8 Å². The van der Waals surface area contributed by atoms with Crippen molar-refractivity contribution in [2.75, 3.05) is 30.8 Å². The molecule has 5 heteroatoms. The van der Waals surface area contributed by atoms with E-state index in [0.29, 0.717) is 24.3 Å². The van der Waals surface area contributed by atoms with E-state index in [1.807, 2.05) is 0 Å². The second kappa shape index (κ2) is 5.37. The van der Waals surface area contributed by atoms with E-state index < -0.39 is 5.97 Å². The van der Waals surface area contributed by atoms with Crippen molar-refractivity contribution in [1.29, 1.82) is 0 Å². The summed E-state index contributed by atoms with van der Waals surface area (Å²) in [5.74, 6) is -1.00. The van der Waals surface area contributed by atoms with Crippen LogP contribution in [-0.2, 0) is 0 Å². The summed E-state index contributed by atoms with van der Waals surface area (Å²) < 4.78 is 0. The molecule has 1 aromatic rings. The molecule has 4 N–H and O–H groups in total. The van der Waals surface area contributed by atoms with E-state index in [0.717, 1.165) is 0 Å². The number of aromatic carboxylic acids is 1. The van der Waals surface area contributed by atoms with Gasteiger partial charge in [0.25, 0.3) is 0 Å². The molecule has 1 aromatic carbocycles. The van der Waals surface area contributed by atoms with Gasteiger partial charge in [0.05, 0.1) is 11.3 Å². The Balaban J connectivity index is 2.98. The summed E-state index contributed by atoms with van der Waals surface area (Å²) in [7, 11) is 1.79. The summed E-state index contributed by atoms with van der Waals surface area (Å²) in [5.41, 5.74) is 6.76. The van der Waals surface area contributed by atoms with Crippen LogP contribution in [-0.4, -0.2) is 36.4 Å². The summed E-state index contributed by atoms with van der Waals surface area (Å²) in [6, 6.07) is 4.78. The van der Waals surface area contributed by atoms with Crippen LogP contribution in [0.5, 0.6) is 0 Å². The number of hydrogen-bond donors (Lipinski definition) is 3. The molecular formula is C11H16N2O3. The highest BCUT2D eigenvalue weighted by molar-refractivity contribution is 5.95. The number of nitrogen functional groups attached to an aromatic ring is 1. The third-order valence-electron chi connectivity index (χ3n) is 2.31. The van der Waals surface area contributed by atoms with Crippen LogP contribution in [0.4, 0.5) is 11.4 Å². The molecule has 1 rings (SSSR count). The van der Waals surface area contributed by atoms with Crippen LogP contribution in [0.2, 0.25) is 0 Å². The fraction of sp³-hybridized carbons (Fsp3) is 0.364. The van der Waals surface area contributed by atoms with Crippen LogP contribution in [0.1, 0.15) is 16.8 Å². The Bertz CT molecular complexity index is 379. The molecular weight excluding hydrogens is 208 g/mol. The molecule has 0 aliphatic carbocycles. The number of benzene rings is 1. The molecule has 88 valence electrons. The number of aliphatic hydroxyl groups excluding tert-OH is 1. The third-order valence-corrected chi connectivity index (χ3v) is 2.31. The van der Waals surface area contributed by atoms with Crippen LogP contribution in [0.3, 0.4) is 0 Å². The minimum Gasteiger partial charge on any atom is -0.478 e. The first-order valence-corrected chi connectivity index (χ1v) is 5.01. The third kappa shape index (κ3) is 2.87. The summed E-state index contributed by atoms with van der Waals surface area (Å²) in [6.07, 6.45) is 0.597. The largest absolute Gasteiger partial charge is 0.478 e. The van der Waals surface area contributed by atoms with Crippen molar-refractivity contribution in [3.05, 3.63) is 23.8 Å². The number of carbonyl (C=O) groups is 1. The molecule has 0 aliphatic rings. The molecule has 0 heterocycles. The molecule has 16 heavy (non-hydrogen) atoms. The molecule has 0 aliphatic heterocycles. The predicted molar refractivity (Wildman–Crippen MR) is 62.8 cm³/mol. The highest BCUT2D eigenvalue weighted by Crippen LogP contribution is 2.22. The summed E-state index contributed by atoms with van der Waals surface area (Å²) in [4.78, 5) is 12.8. The Kier molecular flexibility index (Phi) is 4.13. The van der Waals surface area contributed by atoms with Gasteiger partial charge in [0.2, 0.25) is 0 Å². The Hall–Kier alpha value is -1.75. The zero-order valence-corrected chi connectivity index (χ0v) is 9.18. The maximum Gasteiger partial charge on any atom is 0.337 e. The van der Waals surface area contributed by atoms with Crippen molar-refractivity contribution in [2.24, 2.45) is 0 Å². The van der Waals surface area contributed by atoms with Crippen molar-refractivity contribution < 1.29 is 15.0 Å². The van der Waals surface area contributed by atoms with Crippen LogP contribution in [0.15, 0.2) is 18.2 Å². The normalized spacial score (nSPS) is 10.1. The van der Waals surface area contributed by atoms with E-state index in [1.165, 1.54) is 6.07 Å². The molecule has 0 aromatic heterocycles. The smallest absolute Gasteiger partial charge is 0.337 e. The van der Waals surface area contributed by atoms with E-state index in [-0.39, 0.29) is 12.2 Å². The lowest BCUT2D eigenvalue weighted by Crippen LogP contribution is -2.22. The number of hydrogen-bond acceptors (Lipinski definition) is 4. The molecule has 0 unspecified atom stereocenters. The topological polar surface area (TPSA) is 86.8 Å². The quantitative estimate of drug-likeness (QED) is 0.643. The van der Waals surface area contributed by atoms with E-state index in [4.69, 9.17) is 15.9 Å². The lowest BCUT2D eigenvalue weighted by Gasteiger charge is -2.21. The second-order valence-corrected chi connectivity index (χ2v) is 3.58. The SMILES string of the molecule is CN(CCCO)c1ccc(N)cc1C(=O)O. The number of anilines is 2.